The summed E-state index contributed by atoms with van der Waals surface area (Å²) in [6, 6.07) is 5.30. The van der Waals surface area contributed by atoms with E-state index in [9.17, 15) is 22.8 Å². The number of rotatable bonds is 8. The lowest BCUT2D eigenvalue weighted by molar-refractivity contribution is -0.115. The van der Waals surface area contributed by atoms with E-state index >= 15 is 0 Å². The van der Waals surface area contributed by atoms with E-state index in [2.05, 4.69) is 10.3 Å². The standard InChI is InChI=1S/C23H24ClN3O6S3/c1-3-27-15-9-8-13(24)10-17(15)35-23(27)26-19(29)12-36(31,32)11-18(28)25-21-20(22(30)33-4-2)14-6-5-7-16(14)34-21/h8-10H,3-7,11-12H2,1-2H3,(H,25,28). The van der Waals surface area contributed by atoms with Gasteiger partial charge in [0.05, 0.1) is 22.4 Å². The number of anilines is 1. The first-order valence-corrected chi connectivity index (χ1v) is 15.1. The average molecular weight is 570 g/mol. The molecule has 13 heteroatoms. The molecule has 2 aromatic heterocycles. The third-order valence-electron chi connectivity index (χ3n) is 5.53. The monoisotopic (exact) mass is 569 g/mol. The summed E-state index contributed by atoms with van der Waals surface area (Å²) in [5.74, 6) is -4.06. The minimum absolute atomic E-state index is 0.182. The second-order valence-electron chi connectivity index (χ2n) is 8.11. The number of thiazole rings is 1. The van der Waals surface area contributed by atoms with Crippen LogP contribution < -0.4 is 10.1 Å². The highest BCUT2D eigenvalue weighted by Gasteiger charge is 2.29. The van der Waals surface area contributed by atoms with Gasteiger partial charge in [-0.05, 0) is 56.9 Å². The Labute approximate surface area is 220 Å². The molecule has 9 nitrogen and oxygen atoms in total. The first-order chi connectivity index (χ1) is 17.1. The highest BCUT2D eigenvalue weighted by molar-refractivity contribution is 7.92. The molecule has 1 aromatic carbocycles. The molecule has 1 N–H and O–H groups in total. The van der Waals surface area contributed by atoms with E-state index in [-0.39, 0.29) is 11.6 Å². The number of sulfone groups is 1. The summed E-state index contributed by atoms with van der Waals surface area (Å²) < 4.78 is 33.0. The van der Waals surface area contributed by atoms with Crippen LogP contribution in [0.3, 0.4) is 0 Å². The van der Waals surface area contributed by atoms with Gasteiger partial charge in [0, 0.05) is 16.4 Å². The van der Waals surface area contributed by atoms with Gasteiger partial charge in [0.15, 0.2) is 14.6 Å². The maximum atomic E-state index is 12.6. The van der Waals surface area contributed by atoms with E-state index < -0.39 is 39.1 Å². The number of aromatic nitrogens is 1. The van der Waals surface area contributed by atoms with E-state index in [1.807, 2.05) is 13.0 Å². The summed E-state index contributed by atoms with van der Waals surface area (Å²) in [5.41, 5.74) is 1.97. The number of amides is 2. The smallest absolute Gasteiger partial charge is 0.341 e. The van der Waals surface area contributed by atoms with E-state index in [0.29, 0.717) is 28.4 Å². The number of carbonyl (C=O) groups excluding carboxylic acids is 3. The van der Waals surface area contributed by atoms with Crippen molar-refractivity contribution in [1.82, 2.24) is 4.57 Å². The van der Waals surface area contributed by atoms with Crippen LogP contribution in [0.2, 0.25) is 5.02 Å². The number of esters is 1. The summed E-state index contributed by atoms with van der Waals surface area (Å²) in [4.78, 5) is 42.9. The van der Waals surface area contributed by atoms with Crippen molar-refractivity contribution in [2.75, 3.05) is 23.4 Å². The molecule has 0 fully saturated rings. The molecule has 2 heterocycles. The number of carbonyl (C=O) groups is 3. The van der Waals surface area contributed by atoms with Crippen molar-refractivity contribution in [3.8, 4) is 0 Å². The predicted molar refractivity (Wildman–Crippen MR) is 141 cm³/mol. The van der Waals surface area contributed by atoms with Crippen LogP contribution in [0.5, 0.6) is 0 Å². The van der Waals surface area contributed by atoms with Crippen LogP contribution in [0.25, 0.3) is 10.2 Å². The Hall–Kier alpha value is -2.54. The van der Waals surface area contributed by atoms with Crippen LogP contribution in [0.15, 0.2) is 23.2 Å². The number of ether oxygens (including phenoxy) is 1. The van der Waals surface area contributed by atoms with Crippen LogP contribution in [-0.4, -0.2) is 48.9 Å². The molecule has 192 valence electrons. The molecule has 0 spiro atoms. The topological polar surface area (TPSA) is 124 Å². The Morgan fingerprint density at radius 3 is 2.67 bits per heavy atom. The highest BCUT2D eigenvalue weighted by Crippen LogP contribution is 2.39. The van der Waals surface area contributed by atoms with Gasteiger partial charge in [0.2, 0.25) is 5.91 Å². The Bertz CT molecular complexity index is 1530. The van der Waals surface area contributed by atoms with Crippen LogP contribution in [0.4, 0.5) is 5.00 Å². The SMILES string of the molecule is CCOC(=O)c1c(NC(=O)CS(=O)(=O)CC(=O)N=c2sc3cc(Cl)ccc3n2CC)sc2c1CCC2. The molecule has 0 saturated carbocycles. The minimum atomic E-state index is -4.11. The molecule has 0 atom stereocenters. The van der Waals surface area contributed by atoms with Gasteiger partial charge in [-0.15, -0.1) is 11.3 Å². The molecule has 3 aromatic rings. The number of benzene rings is 1. The maximum Gasteiger partial charge on any atom is 0.341 e. The molecule has 2 amide bonds. The van der Waals surface area contributed by atoms with Gasteiger partial charge in [-0.1, -0.05) is 22.9 Å². The van der Waals surface area contributed by atoms with E-state index in [1.54, 1.807) is 23.6 Å². The molecule has 0 radical (unpaired) electrons. The van der Waals surface area contributed by atoms with E-state index in [4.69, 9.17) is 16.3 Å². The molecule has 0 unspecified atom stereocenters. The van der Waals surface area contributed by atoms with Gasteiger partial charge in [-0.2, -0.15) is 4.99 Å². The van der Waals surface area contributed by atoms with Crippen molar-refractivity contribution in [2.45, 2.75) is 39.7 Å². The zero-order valence-corrected chi connectivity index (χ0v) is 22.8. The van der Waals surface area contributed by atoms with Crippen molar-refractivity contribution in [3.05, 3.63) is 44.0 Å². The number of thiophene rings is 1. The summed E-state index contributed by atoms with van der Waals surface area (Å²) in [6.45, 7) is 4.28. The minimum Gasteiger partial charge on any atom is -0.462 e. The van der Waals surface area contributed by atoms with Crippen molar-refractivity contribution in [2.24, 2.45) is 4.99 Å². The van der Waals surface area contributed by atoms with Crippen LogP contribution in [0, 0.1) is 0 Å². The summed E-state index contributed by atoms with van der Waals surface area (Å²) in [7, 11) is -4.11. The van der Waals surface area contributed by atoms with Gasteiger partial charge >= 0.3 is 5.97 Å². The number of fused-ring (bicyclic) bond motifs is 2. The van der Waals surface area contributed by atoms with Gasteiger partial charge < -0.3 is 14.6 Å². The van der Waals surface area contributed by atoms with Gasteiger partial charge in [0.25, 0.3) is 5.91 Å². The average Bonchev–Trinajstić information content (AvgIpc) is 3.44. The van der Waals surface area contributed by atoms with Crippen LogP contribution in [0.1, 0.15) is 41.1 Å². The number of aryl methyl sites for hydroxylation is 2. The number of halogens is 1. The van der Waals surface area contributed by atoms with Crippen molar-refractivity contribution in [3.63, 3.8) is 0 Å². The maximum absolute atomic E-state index is 12.6. The number of nitrogens with one attached hydrogen (secondary N) is 1. The Morgan fingerprint density at radius 1 is 1.17 bits per heavy atom. The zero-order valence-electron chi connectivity index (χ0n) is 19.6. The third kappa shape index (κ3) is 5.72. The number of hydrogen-bond donors (Lipinski definition) is 1. The first-order valence-electron chi connectivity index (χ1n) is 11.3. The van der Waals surface area contributed by atoms with Crippen LogP contribution >= 0.6 is 34.3 Å². The molecule has 4 rings (SSSR count). The normalized spacial score (nSPS) is 13.7. The summed E-state index contributed by atoms with van der Waals surface area (Å²) in [5, 5.41) is 3.36. The molecular formula is C23H24ClN3O6S3. The fourth-order valence-corrected chi connectivity index (χ4v) is 7.79. The molecule has 0 aliphatic heterocycles. The van der Waals surface area contributed by atoms with E-state index in [0.717, 1.165) is 33.5 Å². The number of hydrogen-bond acceptors (Lipinski definition) is 8. The lowest BCUT2D eigenvalue weighted by atomic mass is 10.1. The van der Waals surface area contributed by atoms with Crippen molar-refractivity contribution in [1.29, 1.82) is 0 Å². The molecular weight excluding hydrogens is 546 g/mol. The Balaban J connectivity index is 1.49. The fraction of sp³-hybridized carbons (Fsp3) is 0.391. The van der Waals surface area contributed by atoms with Gasteiger partial charge in [-0.3, -0.25) is 9.59 Å². The van der Waals surface area contributed by atoms with Gasteiger partial charge in [-0.25, -0.2) is 13.2 Å². The Morgan fingerprint density at radius 2 is 1.94 bits per heavy atom. The fourth-order valence-electron chi connectivity index (χ4n) is 4.09. The number of nitrogens with zero attached hydrogens (tertiary/aromatic N) is 2. The van der Waals surface area contributed by atoms with E-state index in [1.165, 1.54) is 22.7 Å². The lowest BCUT2D eigenvalue weighted by Crippen LogP contribution is -2.28. The molecule has 1 aliphatic rings. The van der Waals surface area contributed by atoms with Gasteiger partial charge in [0.1, 0.15) is 16.5 Å². The second-order valence-corrected chi connectivity index (χ2v) is 12.7. The molecule has 0 saturated heterocycles. The molecule has 1 aliphatic carbocycles. The highest BCUT2D eigenvalue weighted by atomic mass is 35.5. The van der Waals surface area contributed by atoms with Crippen molar-refractivity contribution < 1.29 is 27.5 Å². The van der Waals surface area contributed by atoms with Crippen LogP contribution in [-0.2, 0) is 43.5 Å². The third-order valence-corrected chi connectivity index (χ3v) is 9.40. The molecule has 0 bridgehead atoms. The molecule has 36 heavy (non-hydrogen) atoms. The largest absolute Gasteiger partial charge is 0.462 e. The first kappa shape index (κ1) is 26.5. The lowest BCUT2D eigenvalue weighted by Gasteiger charge is -2.08. The van der Waals surface area contributed by atoms with Crippen molar-refractivity contribution >= 4 is 77.1 Å². The quantitative estimate of drug-likeness (QED) is 0.413. The zero-order chi connectivity index (χ0) is 26.0. The summed E-state index contributed by atoms with van der Waals surface area (Å²) in [6.07, 6.45) is 2.40. The second kappa shape index (κ2) is 10.8. The summed E-state index contributed by atoms with van der Waals surface area (Å²) >= 11 is 8.53. The Kier molecular flexibility index (Phi) is 7.98. The predicted octanol–water partition coefficient (Wildman–Crippen LogP) is 3.58.